The molecule has 4 nitrogen and oxygen atoms in total. The number of hydrogen-bond acceptors (Lipinski definition) is 4. The van der Waals surface area contributed by atoms with Gasteiger partial charge in [0.15, 0.2) is 11.5 Å². The van der Waals surface area contributed by atoms with Crippen LogP contribution in [0.25, 0.3) is 0 Å². The lowest BCUT2D eigenvalue weighted by molar-refractivity contribution is -0.183. The first-order chi connectivity index (χ1) is 9.90. The monoisotopic (exact) mass is 304 g/mol. The van der Waals surface area contributed by atoms with Crippen molar-refractivity contribution in [3.63, 3.8) is 0 Å². The second-order valence-electron chi connectivity index (χ2n) is 4.99. The summed E-state index contributed by atoms with van der Waals surface area (Å²) in [6, 6.07) is 1.96. The first kappa shape index (κ1) is 15.9. The maximum atomic E-state index is 13.0. The molecule has 0 aromatic heterocycles. The molecule has 2 N–H and O–H groups in total. The third-order valence-corrected chi connectivity index (χ3v) is 3.79. The molecule has 0 fully saturated rings. The van der Waals surface area contributed by atoms with Gasteiger partial charge in [0.05, 0.1) is 14.2 Å². The molecule has 1 atom stereocenters. The maximum absolute atomic E-state index is 13.0. The van der Waals surface area contributed by atoms with E-state index in [0.717, 1.165) is 11.1 Å². The van der Waals surface area contributed by atoms with Crippen molar-refractivity contribution in [1.29, 1.82) is 0 Å². The Morgan fingerprint density at radius 2 is 1.76 bits per heavy atom. The van der Waals surface area contributed by atoms with E-state index in [1.54, 1.807) is 6.07 Å². The van der Waals surface area contributed by atoms with Crippen molar-refractivity contribution in [2.75, 3.05) is 27.3 Å². The van der Waals surface area contributed by atoms with Crippen molar-refractivity contribution in [1.82, 2.24) is 4.90 Å². The number of methoxy groups -OCH3 is 2. The molecule has 7 heteroatoms. The van der Waals surface area contributed by atoms with Gasteiger partial charge in [0, 0.05) is 19.6 Å². The first-order valence-electron chi connectivity index (χ1n) is 6.65. The Kier molecular flexibility index (Phi) is 4.63. The summed E-state index contributed by atoms with van der Waals surface area (Å²) in [7, 11) is 3.04. The summed E-state index contributed by atoms with van der Waals surface area (Å²) in [5, 5.41) is 0. The van der Waals surface area contributed by atoms with Crippen LogP contribution < -0.4 is 15.2 Å². The van der Waals surface area contributed by atoms with Gasteiger partial charge < -0.3 is 15.2 Å². The SMILES string of the molecule is COc1cc2c(cc1OC)CN(C(CN)C(F)(F)F)CC2. The van der Waals surface area contributed by atoms with Crippen molar-refractivity contribution < 1.29 is 22.6 Å². The van der Waals surface area contributed by atoms with E-state index < -0.39 is 18.8 Å². The van der Waals surface area contributed by atoms with Gasteiger partial charge in [-0.05, 0) is 29.7 Å². The Bertz CT molecular complexity index is 506. The van der Waals surface area contributed by atoms with Gasteiger partial charge >= 0.3 is 6.18 Å². The van der Waals surface area contributed by atoms with Crippen LogP contribution in [0.4, 0.5) is 13.2 Å². The fraction of sp³-hybridized carbons (Fsp3) is 0.571. The number of alkyl halides is 3. The molecule has 0 saturated carbocycles. The molecule has 0 aliphatic carbocycles. The van der Waals surface area contributed by atoms with Gasteiger partial charge in [0.2, 0.25) is 0 Å². The number of nitrogens with zero attached hydrogens (tertiary/aromatic N) is 1. The smallest absolute Gasteiger partial charge is 0.405 e. The van der Waals surface area contributed by atoms with Crippen LogP contribution in [0.15, 0.2) is 12.1 Å². The summed E-state index contributed by atoms with van der Waals surface area (Å²) in [5.74, 6) is 1.12. The van der Waals surface area contributed by atoms with Crippen molar-refractivity contribution in [2.45, 2.75) is 25.2 Å². The Balaban J connectivity index is 2.27. The van der Waals surface area contributed by atoms with Crippen LogP contribution in [0, 0.1) is 0 Å². The molecule has 1 aromatic rings. The minimum absolute atomic E-state index is 0.205. The van der Waals surface area contributed by atoms with E-state index in [1.807, 2.05) is 6.07 Å². The molecule has 1 aromatic carbocycles. The molecule has 118 valence electrons. The molecule has 0 radical (unpaired) electrons. The standard InChI is InChI=1S/C14H19F3N2O2/c1-20-11-5-9-3-4-19(13(7-18)14(15,16)17)8-10(9)6-12(11)21-2/h5-6,13H,3-4,7-8,18H2,1-2H3. The van der Waals surface area contributed by atoms with E-state index in [-0.39, 0.29) is 6.54 Å². The molecule has 0 bridgehead atoms. The second kappa shape index (κ2) is 6.11. The summed E-state index contributed by atoms with van der Waals surface area (Å²) in [5.41, 5.74) is 7.11. The number of benzene rings is 1. The lowest BCUT2D eigenvalue weighted by Gasteiger charge is -2.36. The largest absolute Gasteiger partial charge is 0.493 e. The normalized spacial score (nSPS) is 17.2. The van der Waals surface area contributed by atoms with Gasteiger partial charge in [-0.3, -0.25) is 4.90 Å². The summed E-state index contributed by atoms with van der Waals surface area (Å²) in [4.78, 5) is 1.37. The predicted octanol–water partition coefficient (Wildman–Crippen LogP) is 1.95. The number of nitrogens with two attached hydrogens (primary N) is 1. The lowest BCUT2D eigenvalue weighted by atomic mass is 9.97. The Labute approximate surface area is 121 Å². The van der Waals surface area contributed by atoms with Crippen LogP contribution in [0.1, 0.15) is 11.1 Å². The van der Waals surface area contributed by atoms with Gasteiger partial charge in [-0.15, -0.1) is 0 Å². The lowest BCUT2D eigenvalue weighted by Crippen LogP contribution is -2.51. The van der Waals surface area contributed by atoms with Gasteiger partial charge in [0.1, 0.15) is 6.04 Å². The average molecular weight is 304 g/mol. The van der Waals surface area contributed by atoms with E-state index >= 15 is 0 Å². The first-order valence-corrected chi connectivity index (χ1v) is 6.65. The van der Waals surface area contributed by atoms with Crippen molar-refractivity contribution in [3.05, 3.63) is 23.3 Å². The zero-order valence-electron chi connectivity index (χ0n) is 12.0. The van der Waals surface area contributed by atoms with Gasteiger partial charge in [-0.25, -0.2) is 0 Å². The summed E-state index contributed by atoms with van der Waals surface area (Å²) in [6.45, 7) is 0.0903. The Morgan fingerprint density at radius 1 is 1.19 bits per heavy atom. The van der Waals surface area contributed by atoms with Gasteiger partial charge in [-0.2, -0.15) is 13.2 Å². The molecule has 2 rings (SSSR count). The van der Waals surface area contributed by atoms with Crippen LogP contribution in [-0.2, 0) is 13.0 Å². The third-order valence-electron chi connectivity index (χ3n) is 3.79. The topological polar surface area (TPSA) is 47.7 Å². The van der Waals surface area contributed by atoms with Crippen molar-refractivity contribution in [3.8, 4) is 11.5 Å². The fourth-order valence-corrected chi connectivity index (χ4v) is 2.66. The number of hydrogen-bond donors (Lipinski definition) is 1. The quantitative estimate of drug-likeness (QED) is 0.923. The fourth-order valence-electron chi connectivity index (χ4n) is 2.66. The highest BCUT2D eigenvalue weighted by molar-refractivity contribution is 5.48. The molecule has 1 aliphatic heterocycles. The molecule has 0 spiro atoms. The maximum Gasteiger partial charge on any atom is 0.405 e. The van der Waals surface area contributed by atoms with Crippen molar-refractivity contribution >= 4 is 0 Å². The Hall–Kier alpha value is -1.47. The third kappa shape index (κ3) is 3.24. The molecule has 0 amide bonds. The summed E-state index contributed by atoms with van der Waals surface area (Å²) >= 11 is 0. The second-order valence-corrected chi connectivity index (χ2v) is 4.99. The molecule has 1 heterocycles. The van der Waals surface area contributed by atoms with E-state index in [4.69, 9.17) is 15.2 Å². The zero-order valence-corrected chi connectivity index (χ0v) is 12.0. The van der Waals surface area contributed by atoms with Crippen LogP contribution in [0.2, 0.25) is 0 Å². The molecule has 1 unspecified atom stereocenters. The zero-order chi connectivity index (χ0) is 15.6. The molecular formula is C14H19F3N2O2. The van der Waals surface area contributed by atoms with Crippen LogP contribution in [0.5, 0.6) is 11.5 Å². The number of halogens is 3. The predicted molar refractivity (Wildman–Crippen MR) is 72.6 cm³/mol. The van der Waals surface area contributed by atoms with E-state index in [9.17, 15) is 13.2 Å². The molecular weight excluding hydrogens is 285 g/mol. The Morgan fingerprint density at radius 3 is 2.24 bits per heavy atom. The minimum atomic E-state index is -4.32. The average Bonchev–Trinajstić information content (AvgIpc) is 2.44. The highest BCUT2D eigenvalue weighted by Gasteiger charge is 2.43. The molecule has 0 saturated heterocycles. The van der Waals surface area contributed by atoms with Crippen LogP contribution >= 0.6 is 0 Å². The minimum Gasteiger partial charge on any atom is -0.493 e. The number of fused-ring (bicyclic) bond motifs is 1. The van der Waals surface area contributed by atoms with E-state index in [2.05, 4.69) is 0 Å². The summed E-state index contributed by atoms with van der Waals surface area (Å²) in [6.07, 6.45) is -3.79. The van der Waals surface area contributed by atoms with Crippen molar-refractivity contribution in [2.24, 2.45) is 5.73 Å². The van der Waals surface area contributed by atoms with E-state index in [0.29, 0.717) is 24.5 Å². The molecule has 1 aliphatic rings. The highest BCUT2D eigenvalue weighted by atomic mass is 19.4. The van der Waals surface area contributed by atoms with Gasteiger partial charge in [-0.1, -0.05) is 0 Å². The number of rotatable bonds is 4. The highest BCUT2D eigenvalue weighted by Crippen LogP contribution is 2.35. The molecule has 21 heavy (non-hydrogen) atoms. The van der Waals surface area contributed by atoms with Crippen LogP contribution in [-0.4, -0.2) is 44.4 Å². The summed E-state index contributed by atoms with van der Waals surface area (Å²) < 4.78 is 49.4. The van der Waals surface area contributed by atoms with Gasteiger partial charge in [0.25, 0.3) is 0 Å². The van der Waals surface area contributed by atoms with Crippen LogP contribution in [0.3, 0.4) is 0 Å². The van der Waals surface area contributed by atoms with E-state index in [1.165, 1.54) is 19.1 Å². The number of ether oxygens (including phenoxy) is 2.